The molecule has 1 atom stereocenters. The monoisotopic (exact) mass is 222 g/mol. The van der Waals surface area contributed by atoms with Crippen LogP contribution in [0.25, 0.3) is 0 Å². The van der Waals surface area contributed by atoms with E-state index in [1.54, 1.807) is 0 Å². The summed E-state index contributed by atoms with van der Waals surface area (Å²) in [6, 6.07) is 0. The summed E-state index contributed by atoms with van der Waals surface area (Å²) < 4.78 is 40.4. The van der Waals surface area contributed by atoms with Gasteiger partial charge in [-0.15, -0.1) is 3.89 Å². The zero-order chi connectivity index (χ0) is 10.2. The van der Waals surface area contributed by atoms with E-state index in [-0.39, 0.29) is 0 Å². The molecule has 14 heavy (non-hydrogen) atoms. The minimum absolute atomic E-state index is 0.318. The van der Waals surface area contributed by atoms with Crippen molar-refractivity contribution in [2.24, 2.45) is 0 Å². The van der Waals surface area contributed by atoms with E-state index in [4.69, 9.17) is 4.74 Å². The van der Waals surface area contributed by atoms with Gasteiger partial charge >= 0.3 is 10.2 Å². The number of ether oxygens (including phenoxy) is 1. The molecule has 2 rings (SSSR count). The SMILES string of the molecule is O=S(=O)(F)C1CCOC12CCCCC2. The van der Waals surface area contributed by atoms with E-state index >= 15 is 0 Å². The third-order valence-corrected chi connectivity index (χ3v) is 4.74. The molecule has 1 aliphatic carbocycles. The highest BCUT2D eigenvalue weighted by atomic mass is 32.3. The van der Waals surface area contributed by atoms with Gasteiger partial charge in [0.15, 0.2) is 0 Å². The molecule has 2 aliphatic rings. The third kappa shape index (κ3) is 1.67. The van der Waals surface area contributed by atoms with Crippen LogP contribution >= 0.6 is 0 Å². The Morgan fingerprint density at radius 3 is 2.43 bits per heavy atom. The molecular weight excluding hydrogens is 207 g/mol. The highest BCUT2D eigenvalue weighted by molar-refractivity contribution is 7.87. The van der Waals surface area contributed by atoms with Crippen molar-refractivity contribution in [3.05, 3.63) is 0 Å². The summed E-state index contributed by atoms with van der Waals surface area (Å²) in [5.74, 6) is 0. The molecule has 1 saturated carbocycles. The molecule has 1 aliphatic heterocycles. The lowest BCUT2D eigenvalue weighted by atomic mass is 9.82. The van der Waals surface area contributed by atoms with Crippen LogP contribution in [0.15, 0.2) is 0 Å². The van der Waals surface area contributed by atoms with E-state index < -0.39 is 21.1 Å². The van der Waals surface area contributed by atoms with E-state index in [0.29, 0.717) is 25.9 Å². The maximum atomic E-state index is 13.0. The Hall–Kier alpha value is -0.160. The van der Waals surface area contributed by atoms with Gasteiger partial charge in [-0.25, -0.2) is 0 Å². The van der Waals surface area contributed by atoms with Gasteiger partial charge in [0.1, 0.15) is 5.25 Å². The molecule has 1 heterocycles. The molecule has 82 valence electrons. The van der Waals surface area contributed by atoms with Gasteiger partial charge in [0.2, 0.25) is 0 Å². The summed E-state index contributed by atoms with van der Waals surface area (Å²) >= 11 is 0. The van der Waals surface area contributed by atoms with Crippen molar-refractivity contribution in [1.82, 2.24) is 0 Å². The lowest BCUT2D eigenvalue weighted by molar-refractivity contribution is -0.0229. The number of rotatable bonds is 1. The number of halogens is 1. The largest absolute Gasteiger partial charge is 0.373 e. The van der Waals surface area contributed by atoms with Gasteiger partial charge < -0.3 is 4.74 Å². The second-order valence-electron chi connectivity index (χ2n) is 4.23. The van der Waals surface area contributed by atoms with Crippen molar-refractivity contribution in [2.45, 2.75) is 49.4 Å². The van der Waals surface area contributed by atoms with Crippen LogP contribution in [0.4, 0.5) is 3.89 Å². The molecule has 0 N–H and O–H groups in total. The quantitative estimate of drug-likeness (QED) is 0.635. The average molecular weight is 222 g/mol. The second-order valence-corrected chi connectivity index (χ2v) is 5.75. The van der Waals surface area contributed by atoms with Gasteiger partial charge in [-0.2, -0.15) is 8.42 Å². The lowest BCUT2D eigenvalue weighted by Gasteiger charge is -2.35. The van der Waals surface area contributed by atoms with Crippen LogP contribution in [-0.4, -0.2) is 25.9 Å². The van der Waals surface area contributed by atoms with Crippen molar-refractivity contribution in [2.75, 3.05) is 6.61 Å². The molecule has 3 nitrogen and oxygen atoms in total. The summed E-state index contributed by atoms with van der Waals surface area (Å²) in [5.41, 5.74) is -0.689. The highest BCUT2D eigenvalue weighted by Gasteiger charge is 2.51. The lowest BCUT2D eigenvalue weighted by Crippen LogP contribution is -2.44. The fraction of sp³-hybridized carbons (Fsp3) is 1.00. The normalized spacial score (nSPS) is 32.2. The van der Waals surface area contributed by atoms with Crippen LogP contribution < -0.4 is 0 Å². The standard InChI is InChI=1S/C9H15FO3S/c10-14(11,12)8-4-7-13-9(8)5-2-1-3-6-9/h8H,1-7H2. The number of hydrogen-bond acceptors (Lipinski definition) is 3. The molecule has 1 spiro atoms. The topological polar surface area (TPSA) is 43.4 Å². The molecule has 0 radical (unpaired) electrons. The van der Waals surface area contributed by atoms with Gasteiger partial charge in [0.25, 0.3) is 0 Å². The van der Waals surface area contributed by atoms with Crippen LogP contribution in [0.5, 0.6) is 0 Å². The van der Waals surface area contributed by atoms with Gasteiger partial charge in [-0.05, 0) is 19.3 Å². The summed E-state index contributed by atoms with van der Waals surface area (Å²) in [5, 5.41) is -0.907. The van der Waals surface area contributed by atoms with Crippen LogP contribution in [-0.2, 0) is 15.0 Å². The van der Waals surface area contributed by atoms with Crippen molar-refractivity contribution < 1.29 is 17.0 Å². The van der Waals surface area contributed by atoms with Gasteiger partial charge in [0.05, 0.1) is 5.60 Å². The van der Waals surface area contributed by atoms with Crippen LogP contribution in [0, 0.1) is 0 Å². The molecule has 0 aromatic heterocycles. The molecule has 0 aromatic carbocycles. The highest BCUT2D eigenvalue weighted by Crippen LogP contribution is 2.43. The van der Waals surface area contributed by atoms with Crippen molar-refractivity contribution in [3.8, 4) is 0 Å². The summed E-state index contributed by atoms with van der Waals surface area (Å²) in [6.45, 7) is 0.383. The fourth-order valence-corrected chi connectivity index (χ4v) is 3.93. The third-order valence-electron chi connectivity index (χ3n) is 3.40. The maximum Gasteiger partial charge on any atom is 0.308 e. The van der Waals surface area contributed by atoms with Crippen LogP contribution in [0.1, 0.15) is 38.5 Å². The maximum absolute atomic E-state index is 13.0. The van der Waals surface area contributed by atoms with Gasteiger partial charge in [-0.3, -0.25) is 0 Å². The Kier molecular flexibility index (Phi) is 2.55. The Morgan fingerprint density at radius 1 is 1.21 bits per heavy atom. The minimum atomic E-state index is -4.44. The van der Waals surface area contributed by atoms with Crippen LogP contribution in [0.3, 0.4) is 0 Å². The second kappa shape index (κ2) is 3.45. The molecule has 2 fully saturated rings. The molecule has 0 amide bonds. The summed E-state index contributed by atoms with van der Waals surface area (Å²) in [4.78, 5) is 0. The molecule has 1 unspecified atom stereocenters. The Labute approximate surface area is 83.8 Å². The van der Waals surface area contributed by atoms with Gasteiger partial charge in [-0.1, -0.05) is 19.3 Å². The first kappa shape index (κ1) is 10.4. The Balaban J connectivity index is 2.24. The molecular formula is C9H15FO3S. The molecule has 0 bridgehead atoms. The average Bonchev–Trinajstić information content (AvgIpc) is 2.49. The Bertz CT molecular complexity index is 306. The van der Waals surface area contributed by atoms with E-state index in [1.165, 1.54) is 0 Å². The van der Waals surface area contributed by atoms with Gasteiger partial charge in [0, 0.05) is 6.61 Å². The van der Waals surface area contributed by atoms with Crippen molar-refractivity contribution >= 4 is 10.2 Å². The predicted octanol–water partition coefficient (Wildman–Crippen LogP) is 1.78. The number of hydrogen-bond donors (Lipinski definition) is 0. The minimum Gasteiger partial charge on any atom is -0.373 e. The predicted molar refractivity (Wildman–Crippen MR) is 50.2 cm³/mol. The van der Waals surface area contributed by atoms with Crippen molar-refractivity contribution in [1.29, 1.82) is 0 Å². The summed E-state index contributed by atoms with van der Waals surface area (Å²) in [7, 11) is -4.44. The fourth-order valence-electron chi connectivity index (χ4n) is 2.74. The molecule has 0 aromatic rings. The van der Waals surface area contributed by atoms with Crippen LogP contribution in [0.2, 0.25) is 0 Å². The Morgan fingerprint density at radius 2 is 1.86 bits per heavy atom. The first-order valence-corrected chi connectivity index (χ1v) is 6.57. The zero-order valence-corrected chi connectivity index (χ0v) is 8.85. The smallest absolute Gasteiger partial charge is 0.308 e. The van der Waals surface area contributed by atoms with Crippen molar-refractivity contribution in [3.63, 3.8) is 0 Å². The molecule has 5 heteroatoms. The summed E-state index contributed by atoms with van der Waals surface area (Å²) in [6.07, 6.45) is 4.71. The molecule has 1 saturated heterocycles. The van der Waals surface area contributed by atoms with E-state index in [1.807, 2.05) is 0 Å². The zero-order valence-electron chi connectivity index (χ0n) is 8.04. The first-order valence-electron chi connectivity index (χ1n) is 5.12. The van der Waals surface area contributed by atoms with E-state index in [0.717, 1.165) is 19.3 Å². The van der Waals surface area contributed by atoms with E-state index in [9.17, 15) is 12.3 Å². The van der Waals surface area contributed by atoms with E-state index in [2.05, 4.69) is 0 Å². The first-order chi connectivity index (χ1) is 6.55.